The van der Waals surface area contributed by atoms with Crippen molar-refractivity contribution < 1.29 is 4.92 Å². The second-order valence-electron chi connectivity index (χ2n) is 3.88. The standard InChI is InChI=1S/C8H10ClN3O2/c1-8(2,3)7-10-4-5(12(13)14)6(9)11-7/h4H,1-3H3. The van der Waals surface area contributed by atoms with Crippen molar-refractivity contribution >= 4 is 17.3 Å². The van der Waals surface area contributed by atoms with Gasteiger partial charge in [0.1, 0.15) is 12.0 Å². The number of aromatic nitrogens is 2. The molecular formula is C8H10ClN3O2. The van der Waals surface area contributed by atoms with E-state index < -0.39 is 4.92 Å². The van der Waals surface area contributed by atoms with Gasteiger partial charge in [-0.05, 0) is 0 Å². The van der Waals surface area contributed by atoms with Crippen LogP contribution in [-0.2, 0) is 5.41 Å². The molecular weight excluding hydrogens is 206 g/mol. The molecule has 0 fully saturated rings. The third-order valence-electron chi connectivity index (χ3n) is 1.59. The van der Waals surface area contributed by atoms with Crippen molar-refractivity contribution in [3.8, 4) is 0 Å². The highest BCUT2D eigenvalue weighted by Crippen LogP contribution is 2.25. The van der Waals surface area contributed by atoms with Gasteiger partial charge >= 0.3 is 5.69 Å². The summed E-state index contributed by atoms with van der Waals surface area (Å²) in [7, 11) is 0. The van der Waals surface area contributed by atoms with Gasteiger partial charge in [-0.3, -0.25) is 10.1 Å². The molecule has 0 aliphatic rings. The molecule has 76 valence electrons. The third kappa shape index (κ3) is 2.17. The molecule has 0 saturated carbocycles. The summed E-state index contributed by atoms with van der Waals surface area (Å²) in [5, 5.41) is 10.3. The van der Waals surface area contributed by atoms with Gasteiger partial charge in [-0.25, -0.2) is 9.97 Å². The minimum absolute atomic E-state index is 0.116. The summed E-state index contributed by atoms with van der Waals surface area (Å²) in [6.45, 7) is 5.72. The predicted octanol–water partition coefficient (Wildman–Crippen LogP) is 2.34. The minimum atomic E-state index is -0.602. The SMILES string of the molecule is CC(C)(C)c1ncc([N+](=O)[O-])c(Cl)n1. The van der Waals surface area contributed by atoms with Gasteiger partial charge in [0, 0.05) is 5.41 Å². The van der Waals surface area contributed by atoms with E-state index in [1.807, 2.05) is 20.8 Å². The van der Waals surface area contributed by atoms with Crippen molar-refractivity contribution in [3.05, 3.63) is 27.3 Å². The lowest BCUT2D eigenvalue weighted by Gasteiger charge is -2.15. The summed E-state index contributed by atoms with van der Waals surface area (Å²) in [4.78, 5) is 17.6. The first-order valence-electron chi connectivity index (χ1n) is 4.00. The highest BCUT2D eigenvalue weighted by molar-refractivity contribution is 6.31. The van der Waals surface area contributed by atoms with Gasteiger partial charge in [-0.1, -0.05) is 32.4 Å². The van der Waals surface area contributed by atoms with Crippen LogP contribution in [0.4, 0.5) is 5.69 Å². The van der Waals surface area contributed by atoms with Crippen LogP contribution in [-0.4, -0.2) is 14.9 Å². The lowest BCUT2D eigenvalue weighted by molar-refractivity contribution is -0.385. The van der Waals surface area contributed by atoms with E-state index in [0.29, 0.717) is 5.82 Å². The second kappa shape index (κ2) is 3.49. The molecule has 1 heterocycles. The Kier molecular flexibility index (Phi) is 2.71. The van der Waals surface area contributed by atoms with Gasteiger partial charge in [0.15, 0.2) is 0 Å². The molecule has 0 amide bonds. The Labute approximate surface area is 86.3 Å². The van der Waals surface area contributed by atoms with E-state index in [1.165, 1.54) is 0 Å². The first kappa shape index (κ1) is 10.8. The molecule has 0 aliphatic heterocycles. The highest BCUT2D eigenvalue weighted by Gasteiger charge is 2.22. The Bertz CT molecular complexity index is 373. The Morgan fingerprint density at radius 3 is 2.43 bits per heavy atom. The molecule has 0 spiro atoms. The van der Waals surface area contributed by atoms with Crippen LogP contribution in [0.25, 0.3) is 0 Å². The minimum Gasteiger partial charge on any atom is -0.258 e. The maximum absolute atomic E-state index is 10.4. The monoisotopic (exact) mass is 215 g/mol. The third-order valence-corrected chi connectivity index (χ3v) is 1.87. The van der Waals surface area contributed by atoms with E-state index in [4.69, 9.17) is 11.6 Å². The van der Waals surface area contributed by atoms with Crippen molar-refractivity contribution in [2.75, 3.05) is 0 Å². The topological polar surface area (TPSA) is 68.9 Å². The summed E-state index contributed by atoms with van der Waals surface area (Å²) in [6, 6.07) is 0. The molecule has 0 radical (unpaired) electrons. The highest BCUT2D eigenvalue weighted by atomic mass is 35.5. The molecule has 14 heavy (non-hydrogen) atoms. The Morgan fingerprint density at radius 1 is 1.50 bits per heavy atom. The van der Waals surface area contributed by atoms with E-state index in [1.54, 1.807) is 0 Å². The van der Waals surface area contributed by atoms with Crippen molar-refractivity contribution in [1.82, 2.24) is 9.97 Å². The zero-order valence-electron chi connectivity index (χ0n) is 8.11. The van der Waals surface area contributed by atoms with Crippen LogP contribution in [0.3, 0.4) is 0 Å². The molecule has 0 atom stereocenters. The van der Waals surface area contributed by atoms with Crippen LogP contribution < -0.4 is 0 Å². The van der Waals surface area contributed by atoms with Gasteiger partial charge in [0.25, 0.3) is 0 Å². The first-order valence-corrected chi connectivity index (χ1v) is 4.37. The van der Waals surface area contributed by atoms with Gasteiger partial charge in [0.05, 0.1) is 4.92 Å². The predicted molar refractivity (Wildman–Crippen MR) is 52.4 cm³/mol. The van der Waals surface area contributed by atoms with Crippen LogP contribution in [0.15, 0.2) is 6.20 Å². The van der Waals surface area contributed by atoms with Crippen LogP contribution in [0.2, 0.25) is 5.15 Å². The Balaban J connectivity index is 3.20. The lowest BCUT2D eigenvalue weighted by atomic mass is 9.96. The van der Waals surface area contributed by atoms with E-state index in [9.17, 15) is 10.1 Å². The van der Waals surface area contributed by atoms with Crippen molar-refractivity contribution in [2.45, 2.75) is 26.2 Å². The van der Waals surface area contributed by atoms with Gasteiger partial charge in [-0.2, -0.15) is 0 Å². The molecule has 1 rings (SSSR count). The molecule has 1 aromatic heterocycles. The molecule has 0 aromatic carbocycles. The Hall–Kier alpha value is -1.23. The molecule has 1 aromatic rings. The second-order valence-corrected chi connectivity index (χ2v) is 4.23. The van der Waals surface area contributed by atoms with Crippen molar-refractivity contribution in [1.29, 1.82) is 0 Å². The van der Waals surface area contributed by atoms with Crippen LogP contribution in [0.1, 0.15) is 26.6 Å². The molecule has 6 heteroatoms. The zero-order chi connectivity index (χ0) is 10.9. The van der Waals surface area contributed by atoms with Crippen LogP contribution in [0, 0.1) is 10.1 Å². The Morgan fingerprint density at radius 2 is 2.07 bits per heavy atom. The van der Waals surface area contributed by atoms with Crippen LogP contribution in [0.5, 0.6) is 0 Å². The number of halogens is 1. The fraction of sp³-hybridized carbons (Fsp3) is 0.500. The normalized spacial score (nSPS) is 11.4. The summed E-state index contributed by atoms with van der Waals surface area (Å²) < 4.78 is 0. The summed E-state index contributed by atoms with van der Waals surface area (Å²) in [6.07, 6.45) is 1.13. The van der Waals surface area contributed by atoms with E-state index >= 15 is 0 Å². The fourth-order valence-corrected chi connectivity index (χ4v) is 1.04. The smallest absolute Gasteiger partial charge is 0.258 e. The molecule has 0 saturated heterocycles. The summed E-state index contributed by atoms with van der Waals surface area (Å²) in [5.74, 6) is 0.494. The van der Waals surface area contributed by atoms with E-state index in [0.717, 1.165) is 6.20 Å². The number of hydrogen-bond donors (Lipinski definition) is 0. The average molecular weight is 216 g/mol. The quantitative estimate of drug-likeness (QED) is 0.410. The molecule has 5 nitrogen and oxygen atoms in total. The molecule has 0 bridgehead atoms. The molecule has 0 aliphatic carbocycles. The maximum Gasteiger partial charge on any atom is 0.324 e. The maximum atomic E-state index is 10.4. The van der Waals surface area contributed by atoms with Crippen molar-refractivity contribution in [2.24, 2.45) is 0 Å². The van der Waals surface area contributed by atoms with E-state index in [2.05, 4.69) is 9.97 Å². The largest absolute Gasteiger partial charge is 0.324 e. The summed E-state index contributed by atoms with van der Waals surface area (Å²) in [5.41, 5.74) is -0.529. The number of nitro groups is 1. The lowest BCUT2D eigenvalue weighted by Crippen LogP contribution is -2.16. The fourth-order valence-electron chi connectivity index (χ4n) is 0.838. The first-order chi connectivity index (χ1) is 6.32. The van der Waals surface area contributed by atoms with Crippen molar-refractivity contribution in [3.63, 3.8) is 0 Å². The zero-order valence-corrected chi connectivity index (χ0v) is 8.87. The van der Waals surface area contributed by atoms with Gasteiger partial charge in [0.2, 0.25) is 5.15 Å². The van der Waals surface area contributed by atoms with Gasteiger partial charge < -0.3 is 0 Å². The number of rotatable bonds is 1. The number of hydrogen-bond acceptors (Lipinski definition) is 4. The van der Waals surface area contributed by atoms with E-state index in [-0.39, 0.29) is 16.3 Å². The summed E-state index contributed by atoms with van der Waals surface area (Å²) >= 11 is 5.64. The van der Waals surface area contributed by atoms with Crippen LogP contribution >= 0.6 is 11.6 Å². The van der Waals surface area contributed by atoms with Gasteiger partial charge in [-0.15, -0.1) is 0 Å². The molecule has 0 unspecified atom stereocenters. The molecule has 0 N–H and O–H groups in total. The number of nitrogens with zero attached hydrogens (tertiary/aromatic N) is 3. The average Bonchev–Trinajstić information content (AvgIpc) is 2.01.